The summed E-state index contributed by atoms with van der Waals surface area (Å²) < 4.78 is 32.8. The molecule has 2 rings (SSSR count). The Hall–Kier alpha value is -1.11. The first-order chi connectivity index (χ1) is 10.6. The Morgan fingerprint density at radius 1 is 1.00 bits per heavy atom. The van der Waals surface area contributed by atoms with Crippen molar-refractivity contribution in [2.24, 2.45) is 0 Å². The standard InChI is InChI=1S/C17H28N2O3S/c1-13-12-16(14(2)11-15(13)22-6)23(20,21)19-9-7-18(8-10-19)17(3,4)5/h11-12H,7-10H2,1-6H3. The van der Waals surface area contributed by atoms with Gasteiger partial charge in [0, 0.05) is 31.7 Å². The molecule has 0 N–H and O–H groups in total. The summed E-state index contributed by atoms with van der Waals surface area (Å²) in [5, 5.41) is 0. The topological polar surface area (TPSA) is 49.9 Å². The lowest BCUT2D eigenvalue weighted by Crippen LogP contribution is -2.54. The third kappa shape index (κ3) is 3.70. The minimum atomic E-state index is -3.46. The van der Waals surface area contributed by atoms with E-state index in [1.165, 1.54) is 0 Å². The molecule has 0 saturated carbocycles. The second-order valence-electron chi connectivity index (χ2n) is 7.15. The highest BCUT2D eigenvalue weighted by Crippen LogP contribution is 2.28. The van der Waals surface area contributed by atoms with Crippen molar-refractivity contribution in [3.8, 4) is 5.75 Å². The molecule has 1 aromatic rings. The number of hydrogen-bond acceptors (Lipinski definition) is 4. The minimum absolute atomic E-state index is 0.0719. The van der Waals surface area contributed by atoms with E-state index in [1.807, 2.05) is 13.8 Å². The molecule has 0 unspecified atom stereocenters. The first-order valence-corrected chi connectivity index (χ1v) is 9.42. The van der Waals surface area contributed by atoms with Crippen LogP contribution in [0.15, 0.2) is 17.0 Å². The van der Waals surface area contributed by atoms with E-state index < -0.39 is 10.0 Å². The van der Waals surface area contributed by atoms with Gasteiger partial charge in [-0.2, -0.15) is 4.31 Å². The lowest BCUT2D eigenvalue weighted by Gasteiger charge is -2.41. The van der Waals surface area contributed by atoms with E-state index in [1.54, 1.807) is 23.5 Å². The van der Waals surface area contributed by atoms with E-state index in [2.05, 4.69) is 25.7 Å². The third-order valence-corrected chi connectivity index (χ3v) is 6.54. The monoisotopic (exact) mass is 340 g/mol. The first kappa shape index (κ1) is 18.2. The Labute approximate surface area is 140 Å². The summed E-state index contributed by atoms with van der Waals surface area (Å²) >= 11 is 0. The molecule has 5 nitrogen and oxygen atoms in total. The number of hydrogen-bond donors (Lipinski definition) is 0. The molecule has 1 heterocycles. The summed E-state index contributed by atoms with van der Waals surface area (Å²) in [6.45, 7) is 12.8. The fraction of sp³-hybridized carbons (Fsp3) is 0.647. The molecule has 1 aliphatic heterocycles. The number of piperazine rings is 1. The Morgan fingerprint density at radius 3 is 2.04 bits per heavy atom. The highest BCUT2D eigenvalue weighted by Gasteiger charge is 2.33. The van der Waals surface area contributed by atoms with Crippen LogP contribution in [0.3, 0.4) is 0 Å². The molecule has 0 bridgehead atoms. The van der Waals surface area contributed by atoms with Crippen molar-refractivity contribution in [1.82, 2.24) is 9.21 Å². The zero-order chi connectivity index (χ0) is 17.4. The largest absolute Gasteiger partial charge is 0.496 e. The fourth-order valence-electron chi connectivity index (χ4n) is 3.00. The first-order valence-electron chi connectivity index (χ1n) is 7.98. The van der Waals surface area contributed by atoms with Gasteiger partial charge in [0.05, 0.1) is 12.0 Å². The molecule has 130 valence electrons. The van der Waals surface area contributed by atoms with Gasteiger partial charge in [-0.15, -0.1) is 0 Å². The summed E-state index contributed by atoms with van der Waals surface area (Å²) in [7, 11) is -1.86. The molecule has 1 fully saturated rings. The maximum absolute atomic E-state index is 13.0. The van der Waals surface area contributed by atoms with Crippen molar-refractivity contribution in [2.75, 3.05) is 33.3 Å². The lowest BCUT2D eigenvalue weighted by molar-refractivity contribution is 0.0921. The van der Waals surface area contributed by atoms with Gasteiger partial charge in [-0.1, -0.05) is 0 Å². The van der Waals surface area contributed by atoms with Crippen LogP contribution < -0.4 is 4.74 Å². The average Bonchev–Trinajstić information content (AvgIpc) is 2.48. The van der Waals surface area contributed by atoms with Crippen LogP contribution >= 0.6 is 0 Å². The number of sulfonamides is 1. The van der Waals surface area contributed by atoms with Gasteiger partial charge in [-0.25, -0.2) is 8.42 Å². The van der Waals surface area contributed by atoms with Crippen molar-refractivity contribution in [3.05, 3.63) is 23.3 Å². The van der Waals surface area contributed by atoms with Crippen LogP contribution in [0.5, 0.6) is 5.75 Å². The molecule has 0 aliphatic carbocycles. The zero-order valence-electron chi connectivity index (χ0n) is 15.0. The Bertz CT molecular complexity index is 670. The van der Waals surface area contributed by atoms with Crippen LogP contribution in [0.2, 0.25) is 0 Å². The second-order valence-corrected chi connectivity index (χ2v) is 9.06. The smallest absolute Gasteiger partial charge is 0.243 e. The van der Waals surface area contributed by atoms with Crippen LogP contribution in [0, 0.1) is 13.8 Å². The molecular weight excluding hydrogens is 312 g/mol. The van der Waals surface area contributed by atoms with Gasteiger partial charge >= 0.3 is 0 Å². The number of methoxy groups -OCH3 is 1. The van der Waals surface area contributed by atoms with Crippen molar-refractivity contribution < 1.29 is 13.2 Å². The number of aryl methyl sites for hydroxylation is 2. The molecule has 0 radical (unpaired) electrons. The SMILES string of the molecule is COc1cc(C)c(S(=O)(=O)N2CCN(C(C)(C)C)CC2)cc1C. The van der Waals surface area contributed by atoms with Crippen molar-refractivity contribution >= 4 is 10.0 Å². The molecule has 1 aliphatic rings. The summed E-state index contributed by atoms with van der Waals surface area (Å²) in [4.78, 5) is 2.71. The Morgan fingerprint density at radius 2 is 1.57 bits per heavy atom. The van der Waals surface area contributed by atoms with E-state index >= 15 is 0 Å². The summed E-state index contributed by atoms with van der Waals surface area (Å²) in [6.07, 6.45) is 0. The number of benzene rings is 1. The number of rotatable bonds is 3. The Kier molecular flexibility index (Phi) is 5.09. The van der Waals surface area contributed by atoms with Crippen LogP contribution in [-0.4, -0.2) is 56.5 Å². The molecule has 1 aromatic carbocycles. The second kappa shape index (κ2) is 6.42. The van der Waals surface area contributed by atoms with Gasteiger partial charge in [0.1, 0.15) is 5.75 Å². The van der Waals surface area contributed by atoms with Gasteiger partial charge in [-0.05, 0) is 57.9 Å². The average molecular weight is 340 g/mol. The lowest BCUT2D eigenvalue weighted by atomic mass is 10.1. The van der Waals surface area contributed by atoms with E-state index in [4.69, 9.17) is 4.74 Å². The van der Waals surface area contributed by atoms with Crippen LogP contribution in [-0.2, 0) is 10.0 Å². The summed E-state index contributed by atoms with van der Waals surface area (Å²) in [5.74, 6) is 0.721. The quantitative estimate of drug-likeness (QED) is 0.848. The zero-order valence-corrected chi connectivity index (χ0v) is 15.8. The van der Waals surface area contributed by atoms with E-state index in [0.717, 1.165) is 30.0 Å². The van der Waals surface area contributed by atoms with Crippen LogP contribution in [0.25, 0.3) is 0 Å². The molecule has 0 aromatic heterocycles. The number of nitrogens with zero attached hydrogens (tertiary/aromatic N) is 2. The highest BCUT2D eigenvalue weighted by molar-refractivity contribution is 7.89. The maximum atomic E-state index is 13.0. The van der Waals surface area contributed by atoms with Gasteiger partial charge in [0.15, 0.2) is 0 Å². The molecular formula is C17H28N2O3S. The van der Waals surface area contributed by atoms with E-state index in [-0.39, 0.29) is 5.54 Å². The molecule has 0 spiro atoms. The van der Waals surface area contributed by atoms with Crippen molar-refractivity contribution in [2.45, 2.75) is 45.1 Å². The van der Waals surface area contributed by atoms with E-state index in [9.17, 15) is 8.42 Å². The van der Waals surface area contributed by atoms with Gasteiger partial charge in [0.2, 0.25) is 10.0 Å². The normalized spacial score (nSPS) is 18.2. The molecule has 6 heteroatoms. The number of ether oxygens (including phenoxy) is 1. The van der Waals surface area contributed by atoms with Crippen LogP contribution in [0.1, 0.15) is 31.9 Å². The summed E-state index contributed by atoms with van der Waals surface area (Å²) in [6, 6.07) is 3.52. The third-order valence-electron chi connectivity index (χ3n) is 4.50. The molecule has 0 amide bonds. The molecule has 1 saturated heterocycles. The Balaban J connectivity index is 2.25. The van der Waals surface area contributed by atoms with Gasteiger partial charge in [-0.3, -0.25) is 4.90 Å². The van der Waals surface area contributed by atoms with E-state index in [0.29, 0.717) is 18.0 Å². The fourth-order valence-corrected chi connectivity index (χ4v) is 4.71. The van der Waals surface area contributed by atoms with Crippen molar-refractivity contribution in [3.63, 3.8) is 0 Å². The molecule has 23 heavy (non-hydrogen) atoms. The van der Waals surface area contributed by atoms with Gasteiger partial charge in [0.25, 0.3) is 0 Å². The van der Waals surface area contributed by atoms with Crippen LogP contribution in [0.4, 0.5) is 0 Å². The summed E-state index contributed by atoms with van der Waals surface area (Å²) in [5.41, 5.74) is 1.64. The maximum Gasteiger partial charge on any atom is 0.243 e. The minimum Gasteiger partial charge on any atom is -0.496 e. The van der Waals surface area contributed by atoms with Crippen molar-refractivity contribution in [1.29, 1.82) is 0 Å². The molecule has 0 atom stereocenters. The predicted octanol–water partition coefficient (Wildman–Crippen LogP) is 2.42. The van der Waals surface area contributed by atoms with Gasteiger partial charge < -0.3 is 4.74 Å². The highest BCUT2D eigenvalue weighted by atomic mass is 32.2. The predicted molar refractivity (Wildman–Crippen MR) is 92.6 cm³/mol.